The van der Waals surface area contributed by atoms with Crippen molar-refractivity contribution in [3.63, 3.8) is 0 Å². The summed E-state index contributed by atoms with van der Waals surface area (Å²) in [6, 6.07) is 14.0. The maximum absolute atomic E-state index is 12.2. The van der Waals surface area contributed by atoms with Crippen LogP contribution in [0.1, 0.15) is 56.0 Å². The van der Waals surface area contributed by atoms with Crippen LogP contribution in [0.4, 0.5) is 5.69 Å². The van der Waals surface area contributed by atoms with E-state index in [-0.39, 0.29) is 18.4 Å². The third kappa shape index (κ3) is 6.62. The minimum atomic E-state index is -0.469. The number of anilines is 1. The first-order chi connectivity index (χ1) is 14.3. The van der Waals surface area contributed by atoms with Gasteiger partial charge in [0.1, 0.15) is 5.75 Å². The molecule has 30 heavy (non-hydrogen) atoms. The number of carbonyl (C=O) groups is 3. The van der Waals surface area contributed by atoms with Crippen LogP contribution in [-0.2, 0) is 9.59 Å². The predicted molar refractivity (Wildman–Crippen MR) is 116 cm³/mol. The maximum atomic E-state index is 12.2. The molecule has 1 unspecified atom stereocenters. The smallest absolute Gasteiger partial charge is 0.276 e. The first kappa shape index (κ1) is 22.9. The molecule has 160 valence electrons. The van der Waals surface area contributed by atoms with Crippen molar-refractivity contribution in [2.75, 3.05) is 11.9 Å². The topological polar surface area (TPSA) is 96.5 Å². The van der Waals surface area contributed by atoms with E-state index in [0.717, 1.165) is 12.0 Å². The number of hydrazine groups is 1. The second kappa shape index (κ2) is 11.0. The van der Waals surface area contributed by atoms with E-state index in [1.54, 1.807) is 38.1 Å². The highest BCUT2D eigenvalue weighted by atomic mass is 16.5. The maximum Gasteiger partial charge on any atom is 0.276 e. The number of hydrogen-bond acceptors (Lipinski definition) is 4. The van der Waals surface area contributed by atoms with Gasteiger partial charge in [0.25, 0.3) is 11.8 Å². The average Bonchev–Trinajstić information content (AvgIpc) is 2.76. The summed E-state index contributed by atoms with van der Waals surface area (Å²) >= 11 is 0. The van der Waals surface area contributed by atoms with Gasteiger partial charge in [-0.25, -0.2) is 0 Å². The average molecular weight is 412 g/mol. The lowest BCUT2D eigenvalue weighted by atomic mass is 9.98. The fraction of sp³-hybridized carbons (Fsp3) is 0.348. The van der Waals surface area contributed by atoms with Crippen molar-refractivity contribution in [1.82, 2.24) is 10.9 Å². The first-order valence-electron chi connectivity index (χ1n) is 10.0. The zero-order chi connectivity index (χ0) is 22.1. The number of carbonyl (C=O) groups excluding carboxylic acids is 3. The molecular formula is C23H29N3O4. The van der Waals surface area contributed by atoms with Gasteiger partial charge in [-0.15, -0.1) is 0 Å². The minimum Gasteiger partial charge on any atom is -0.483 e. The SMILES string of the molecule is CCC(C)c1ccccc1OCC(=O)NNC(=O)c1ccc(NC(=O)C(C)C)cc1. The molecule has 0 aliphatic carbocycles. The molecule has 0 spiro atoms. The summed E-state index contributed by atoms with van der Waals surface area (Å²) in [5.74, 6) is -0.199. The molecule has 0 heterocycles. The van der Waals surface area contributed by atoms with E-state index >= 15 is 0 Å². The number of hydrogen-bond donors (Lipinski definition) is 3. The zero-order valence-corrected chi connectivity index (χ0v) is 17.8. The molecule has 2 aromatic rings. The van der Waals surface area contributed by atoms with E-state index in [1.165, 1.54) is 0 Å². The van der Waals surface area contributed by atoms with Crippen LogP contribution in [0.25, 0.3) is 0 Å². The molecule has 0 aliphatic heterocycles. The summed E-state index contributed by atoms with van der Waals surface area (Å²) in [4.78, 5) is 35.9. The van der Waals surface area contributed by atoms with E-state index in [9.17, 15) is 14.4 Å². The molecule has 2 aromatic carbocycles. The second-order valence-corrected chi connectivity index (χ2v) is 7.36. The van der Waals surface area contributed by atoms with E-state index in [2.05, 4.69) is 30.0 Å². The van der Waals surface area contributed by atoms with Crippen LogP contribution in [0, 0.1) is 5.92 Å². The molecule has 0 saturated heterocycles. The fourth-order valence-electron chi connectivity index (χ4n) is 2.61. The molecule has 0 saturated carbocycles. The Bertz CT molecular complexity index is 878. The van der Waals surface area contributed by atoms with Crippen LogP contribution in [0.2, 0.25) is 0 Å². The Labute approximate surface area is 177 Å². The van der Waals surface area contributed by atoms with Gasteiger partial charge < -0.3 is 10.1 Å². The summed E-state index contributed by atoms with van der Waals surface area (Å²) in [6.45, 7) is 7.57. The van der Waals surface area contributed by atoms with Crippen LogP contribution >= 0.6 is 0 Å². The minimum absolute atomic E-state index is 0.102. The standard InChI is InChI=1S/C23H29N3O4/c1-5-16(4)19-8-6-7-9-20(19)30-14-21(27)25-26-23(29)17-10-12-18(13-11-17)24-22(28)15(2)3/h6-13,15-16H,5,14H2,1-4H3,(H,24,28)(H,25,27)(H,26,29). The lowest BCUT2D eigenvalue weighted by Crippen LogP contribution is -2.43. The van der Waals surface area contributed by atoms with Crippen LogP contribution in [0.3, 0.4) is 0 Å². The van der Waals surface area contributed by atoms with Gasteiger partial charge in [-0.05, 0) is 48.2 Å². The van der Waals surface area contributed by atoms with Crippen molar-refractivity contribution in [2.45, 2.75) is 40.0 Å². The molecule has 2 rings (SSSR count). The zero-order valence-electron chi connectivity index (χ0n) is 17.8. The van der Waals surface area contributed by atoms with Crippen molar-refractivity contribution in [2.24, 2.45) is 5.92 Å². The van der Waals surface area contributed by atoms with Gasteiger partial charge in [0.2, 0.25) is 5.91 Å². The Morgan fingerprint density at radius 3 is 2.23 bits per heavy atom. The normalized spacial score (nSPS) is 11.5. The third-order valence-corrected chi connectivity index (χ3v) is 4.68. The summed E-state index contributed by atoms with van der Waals surface area (Å²) in [5.41, 5.74) is 6.69. The predicted octanol–water partition coefficient (Wildman–Crippen LogP) is 3.63. The molecule has 7 heteroatoms. The number of benzene rings is 2. The largest absolute Gasteiger partial charge is 0.483 e. The van der Waals surface area contributed by atoms with Gasteiger partial charge in [0.15, 0.2) is 6.61 Å². The van der Waals surface area contributed by atoms with Crippen molar-refractivity contribution in [3.05, 3.63) is 59.7 Å². The molecule has 0 aliphatic rings. The molecule has 3 N–H and O–H groups in total. The van der Waals surface area contributed by atoms with E-state index in [0.29, 0.717) is 22.9 Å². The summed E-state index contributed by atoms with van der Waals surface area (Å²) in [6.07, 6.45) is 0.961. The Balaban J connectivity index is 1.84. The van der Waals surface area contributed by atoms with E-state index < -0.39 is 11.8 Å². The third-order valence-electron chi connectivity index (χ3n) is 4.68. The molecule has 1 atom stereocenters. The second-order valence-electron chi connectivity index (χ2n) is 7.36. The molecular weight excluding hydrogens is 382 g/mol. The Morgan fingerprint density at radius 2 is 1.60 bits per heavy atom. The van der Waals surface area contributed by atoms with Gasteiger partial charge in [0, 0.05) is 17.2 Å². The Morgan fingerprint density at radius 1 is 0.933 bits per heavy atom. The molecule has 3 amide bonds. The summed E-state index contributed by atoms with van der Waals surface area (Å²) < 4.78 is 5.63. The fourth-order valence-corrected chi connectivity index (χ4v) is 2.61. The van der Waals surface area contributed by atoms with E-state index in [4.69, 9.17) is 4.74 Å². The summed E-state index contributed by atoms with van der Waals surface area (Å²) in [5, 5.41) is 2.75. The Kier molecular flexibility index (Phi) is 8.41. The van der Waals surface area contributed by atoms with Gasteiger partial charge in [-0.2, -0.15) is 0 Å². The van der Waals surface area contributed by atoms with Crippen LogP contribution in [0.15, 0.2) is 48.5 Å². The van der Waals surface area contributed by atoms with Gasteiger partial charge >= 0.3 is 0 Å². The number of ether oxygens (including phenoxy) is 1. The lowest BCUT2D eigenvalue weighted by molar-refractivity contribution is -0.124. The van der Waals surface area contributed by atoms with Crippen molar-refractivity contribution in [3.8, 4) is 5.75 Å². The van der Waals surface area contributed by atoms with E-state index in [1.807, 2.05) is 24.3 Å². The number of rotatable bonds is 8. The van der Waals surface area contributed by atoms with Crippen molar-refractivity contribution >= 4 is 23.4 Å². The summed E-state index contributed by atoms with van der Waals surface area (Å²) in [7, 11) is 0. The Hall–Kier alpha value is -3.35. The molecule has 0 radical (unpaired) electrons. The molecule has 7 nitrogen and oxygen atoms in total. The highest BCUT2D eigenvalue weighted by Gasteiger charge is 2.13. The monoisotopic (exact) mass is 411 g/mol. The van der Waals surface area contributed by atoms with Crippen LogP contribution < -0.4 is 20.9 Å². The molecule has 0 aromatic heterocycles. The van der Waals surface area contributed by atoms with Crippen molar-refractivity contribution in [1.29, 1.82) is 0 Å². The number of nitrogens with one attached hydrogen (secondary N) is 3. The van der Waals surface area contributed by atoms with Crippen LogP contribution in [-0.4, -0.2) is 24.3 Å². The van der Waals surface area contributed by atoms with Crippen LogP contribution in [0.5, 0.6) is 5.75 Å². The highest BCUT2D eigenvalue weighted by Crippen LogP contribution is 2.28. The van der Waals surface area contributed by atoms with Crippen molar-refractivity contribution < 1.29 is 19.1 Å². The quantitative estimate of drug-likeness (QED) is 0.578. The molecule has 0 fully saturated rings. The highest BCUT2D eigenvalue weighted by molar-refractivity contribution is 5.97. The lowest BCUT2D eigenvalue weighted by Gasteiger charge is -2.15. The van der Waals surface area contributed by atoms with Gasteiger partial charge in [0.05, 0.1) is 0 Å². The number of para-hydroxylation sites is 1. The first-order valence-corrected chi connectivity index (χ1v) is 10.0. The molecule has 0 bridgehead atoms. The number of amides is 3. The van der Waals surface area contributed by atoms with Gasteiger partial charge in [-0.3, -0.25) is 25.2 Å². The van der Waals surface area contributed by atoms with Gasteiger partial charge in [-0.1, -0.05) is 45.9 Å².